The highest BCUT2D eigenvalue weighted by Crippen LogP contribution is 2.14. The third-order valence-electron chi connectivity index (χ3n) is 2.60. The quantitative estimate of drug-likeness (QED) is 0.340. The largest absolute Gasteiger partial charge is 0.427 e. The minimum Gasteiger partial charge on any atom is -0.427 e. The van der Waals surface area contributed by atoms with Crippen LogP contribution in [-0.2, 0) is 4.79 Å². The molecule has 0 heterocycles. The Labute approximate surface area is 103 Å². The number of nitrogens with two attached hydrogens (primary N) is 1. The van der Waals surface area contributed by atoms with E-state index >= 15 is 0 Å². The lowest BCUT2D eigenvalue weighted by Crippen LogP contribution is -2.07. The number of hydrogen-bond donors (Lipinski definition) is 1. The van der Waals surface area contributed by atoms with Crippen LogP contribution in [0.25, 0.3) is 0 Å². The predicted molar refractivity (Wildman–Crippen MR) is 69.9 cm³/mol. The molecule has 0 unspecified atom stereocenters. The molecule has 3 nitrogen and oxygen atoms in total. The van der Waals surface area contributed by atoms with Crippen molar-refractivity contribution in [3.05, 3.63) is 24.3 Å². The number of hydrogen-bond acceptors (Lipinski definition) is 3. The summed E-state index contributed by atoms with van der Waals surface area (Å²) in [6, 6.07) is 6.88. The van der Waals surface area contributed by atoms with Crippen molar-refractivity contribution >= 4 is 11.7 Å². The standard InChI is InChI=1S/C14H21NO2/c1-2-3-4-5-6-7-14(16)17-13-10-8-12(15)9-11-13/h8-11H,2-7,15H2,1H3. The van der Waals surface area contributed by atoms with Gasteiger partial charge in [-0.15, -0.1) is 0 Å². The average Bonchev–Trinajstić information content (AvgIpc) is 2.32. The molecule has 2 N–H and O–H groups in total. The van der Waals surface area contributed by atoms with Crippen LogP contribution in [0.2, 0.25) is 0 Å². The van der Waals surface area contributed by atoms with Crippen LogP contribution >= 0.6 is 0 Å². The highest BCUT2D eigenvalue weighted by molar-refractivity contribution is 5.72. The number of nitrogen functional groups attached to an aromatic ring is 1. The van der Waals surface area contributed by atoms with Gasteiger partial charge in [-0.05, 0) is 30.7 Å². The molecule has 0 aromatic heterocycles. The number of unbranched alkanes of at least 4 members (excludes halogenated alkanes) is 4. The molecule has 1 aromatic rings. The molecule has 0 radical (unpaired) electrons. The van der Waals surface area contributed by atoms with Gasteiger partial charge in [0.15, 0.2) is 0 Å². The van der Waals surface area contributed by atoms with Crippen LogP contribution in [0.1, 0.15) is 45.4 Å². The first-order valence-corrected chi connectivity index (χ1v) is 6.28. The Balaban J connectivity index is 2.18. The highest BCUT2D eigenvalue weighted by Gasteiger charge is 2.04. The van der Waals surface area contributed by atoms with Crippen LogP contribution in [0.3, 0.4) is 0 Å². The van der Waals surface area contributed by atoms with Crippen molar-refractivity contribution in [1.82, 2.24) is 0 Å². The second-order valence-electron chi connectivity index (χ2n) is 4.21. The molecule has 0 aliphatic heterocycles. The maximum atomic E-state index is 11.5. The van der Waals surface area contributed by atoms with E-state index in [2.05, 4.69) is 6.92 Å². The molecule has 0 amide bonds. The third kappa shape index (κ3) is 5.95. The fourth-order valence-corrected chi connectivity index (χ4v) is 1.59. The molecule has 94 valence electrons. The van der Waals surface area contributed by atoms with E-state index in [9.17, 15) is 4.79 Å². The number of anilines is 1. The van der Waals surface area contributed by atoms with Gasteiger partial charge in [0.1, 0.15) is 5.75 Å². The van der Waals surface area contributed by atoms with E-state index in [1.165, 1.54) is 19.3 Å². The van der Waals surface area contributed by atoms with Gasteiger partial charge in [0.2, 0.25) is 0 Å². The maximum Gasteiger partial charge on any atom is 0.311 e. The summed E-state index contributed by atoms with van der Waals surface area (Å²) in [5.41, 5.74) is 6.21. The molecule has 0 aliphatic carbocycles. The SMILES string of the molecule is CCCCCCCC(=O)Oc1ccc(N)cc1. The summed E-state index contributed by atoms with van der Waals surface area (Å²) in [5.74, 6) is 0.407. The van der Waals surface area contributed by atoms with Crippen molar-refractivity contribution < 1.29 is 9.53 Å². The van der Waals surface area contributed by atoms with E-state index in [4.69, 9.17) is 10.5 Å². The molecule has 0 spiro atoms. The summed E-state index contributed by atoms with van der Waals surface area (Å²) in [4.78, 5) is 11.5. The third-order valence-corrected chi connectivity index (χ3v) is 2.60. The van der Waals surface area contributed by atoms with Crippen molar-refractivity contribution in [2.45, 2.75) is 45.4 Å². The van der Waals surface area contributed by atoms with Crippen LogP contribution in [0.5, 0.6) is 5.75 Å². The molecule has 1 rings (SSSR count). The zero-order valence-electron chi connectivity index (χ0n) is 10.4. The van der Waals surface area contributed by atoms with Gasteiger partial charge in [-0.2, -0.15) is 0 Å². The van der Waals surface area contributed by atoms with Crippen molar-refractivity contribution in [1.29, 1.82) is 0 Å². The summed E-state index contributed by atoms with van der Waals surface area (Å²) in [5, 5.41) is 0. The summed E-state index contributed by atoms with van der Waals surface area (Å²) in [7, 11) is 0. The van der Waals surface area contributed by atoms with Crippen molar-refractivity contribution in [2.75, 3.05) is 5.73 Å². The number of carbonyl (C=O) groups excluding carboxylic acids is 1. The summed E-state index contributed by atoms with van der Waals surface area (Å²) < 4.78 is 5.18. The minimum absolute atomic E-state index is 0.161. The number of carbonyl (C=O) groups is 1. The second-order valence-corrected chi connectivity index (χ2v) is 4.21. The fourth-order valence-electron chi connectivity index (χ4n) is 1.59. The molecule has 1 aromatic carbocycles. The lowest BCUT2D eigenvalue weighted by molar-refractivity contribution is -0.134. The van der Waals surface area contributed by atoms with E-state index < -0.39 is 0 Å². The number of esters is 1. The van der Waals surface area contributed by atoms with Gasteiger partial charge in [0.25, 0.3) is 0 Å². The van der Waals surface area contributed by atoms with Crippen molar-refractivity contribution in [2.24, 2.45) is 0 Å². The number of benzene rings is 1. The van der Waals surface area contributed by atoms with Gasteiger partial charge in [-0.3, -0.25) is 4.79 Å². The molecule has 3 heteroatoms. The van der Waals surface area contributed by atoms with Crippen LogP contribution in [0, 0.1) is 0 Å². The Morgan fingerprint density at radius 2 is 1.76 bits per heavy atom. The Hall–Kier alpha value is -1.51. The van der Waals surface area contributed by atoms with E-state index in [-0.39, 0.29) is 5.97 Å². The highest BCUT2D eigenvalue weighted by atomic mass is 16.5. The van der Waals surface area contributed by atoms with Gasteiger partial charge in [-0.1, -0.05) is 32.6 Å². The van der Waals surface area contributed by atoms with Crippen molar-refractivity contribution in [3.8, 4) is 5.75 Å². The first-order chi connectivity index (χ1) is 8.22. The van der Waals surface area contributed by atoms with Crippen LogP contribution in [-0.4, -0.2) is 5.97 Å². The molecule has 0 saturated carbocycles. The van der Waals surface area contributed by atoms with Gasteiger partial charge in [0, 0.05) is 12.1 Å². The monoisotopic (exact) mass is 235 g/mol. The van der Waals surface area contributed by atoms with Gasteiger partial charge >= 0.3 is 5.97 Å². The molecule has 0 atom stereocenters. The molecule has 0 aliphatic rings. The average molecular weight is 235 g/mol. The summed E-state index contributed by atoms with van der Waals surface area (Å²) in [6.45, 7) is 2.18. The molecular formula is C14H21NO2. The predicted octanol–water partition coefficient (Wildman–Crippen LogP) is 3.53. The van der Waals surface area contributed by atoms with Crippen LogP contribution in [0.15, 0.2) is 24.3 Å². The lowest BCUT2D eigenvalue weighted by Gasteiger charge is -2.04. The molecular weight excluding hydrogens is 214 g/mol. The van der Waals surface area contributed by atoms with Gasteiger partial charge in [0.05, 0.1) is 0 Å². The number of ether oxygens (including phenoxy) is 1. The Morgan fingerprint density at radius 1 is 1.12 bits per heavy atom. The first-order valence-electron chi connectivity index (χ1n) is 6.28. The second kappa shape index (κ2) is 7.71. The van der Waals surface area contributed by atoms with Crippen LogP contribution in [0.4, 0.5) is 5.69 Å². The van der Waals surface area contributed by atoms with E-state index in [0.29, 0.717) is 17.9 Å². The molecule has 0 saturated heterocycles. The van der Waals surface area contributed by atoms with Gasteiger partial charge in [-0.25, -0.2) is 0 Å². The zero-order chi connectivity index (χ0) is 12.5. The van der Waals surface area contributed by atoms with Crippen molar-refractivity contribution in [3.63, 3.8) is 0 Å². The topological polar surface area (TPSA) is 52.3 Å². The lowest BCUT2D eigenvalue weighted by atomic mass is 10.1. The van der Waals surface area contributed by atoms with E-state index in [0.717, 1.165) is 12.8 Å². The Kier molecular flexibility index (Phi) is 6.15. The normalized spacial score (nSPS) is 10.2. The molecule has 17 heavy (non-hydrogen) atoms. The minimum atomic E-state index is -0.161. The molecule has 0 bridgehead atoms. The molecule has 0 fully saturated rings. The van der Waals surface area contributed by atoms with Crippen LogP contribution < -0.4 is 10.5 Å². The Morgan fingerprint density at radius 3 is 2.41 bits per heavy atom. The van der Waals surface area contributed by atoms with E-state index in [1.807, 2.05) is 0 Å². The summed E-state index contributed by atoms with van der Waals surface area (Å²) >= 11 is 0. The Bertz CT molecular complexity index is 333. The fraction of sp³-hybridized carbons (Fsp3) is 0.500. The van der Waals surface area contributed by atoms with Gasteiger partial charge < -0.3 is 10.5 Å². The first kappa shape index (κ1) is 13.6. The zero-order valence-corrected chi connectivity index (χ0v) is 10.4. The number of rotatable bonds is 7. The van der Waals surface area contributed by atoms with E-state index in [1.54, 1.807) is 24.3 Å². The summed E-state index contributed by atoms with van der Waals surface area (Å²) in [6.07, 6.45) is 6.17. The smallest absolute Gasteiger partial charge is 0.311 e. The maximum absolute atomic E-state index is 11.5.